The minimum atomic E-state index is -0.0923. The summed E-state index contributed by atoms with van der Waals surface area (Å²) >= 11 is 0. The predicted molar refractivity (Wildman–Crippen MR) is 140 cm³/mol. The summed E-state index contributed by atoms with van der Waals surface area (Å²) in [5.41, 5.74) is 7.91. The summed E-state index contributed by atoms with van der Waals surface area (Å²) in [6, 6.07) is 26.9. The van der Waals surface area contributed by atoms with Crippen LogP contribution in [0.3, 0.4) is 0 Å². The lowest BCUT2D eigenvalue weighted by molar-refractivity contribution is -0.129. The van der Waals surface area contributed by atoms with Gasteiger partial charge in [-0.2, -0.15) is 0 Å². The number of carbonyl (C=O) groups is 1. The highest BCUT2D eigenvalue weighted by Crippen LogP contribution is 2.51. The van der Waals surface area contributed by atoms with Gasteiger partial charge < -0.3 is 14.6 Å². The van der Waals surface area contributed by atoms with Crippen molar-refractivity contribution in [3.8, 4) is 17.0 Å². The number of H-pyrrole nitrogens is 1. The molecule has 2 aliphatic rings. The Morgan fingerprint density at radius 3 is 2.54 bits per heavy atom. The molecule has 0 fully saturated rings. The molecular formula is C31H30N2O2. The lowest BCUT2D eigenvalue weighted by Gasteiger charge is -2.34. The summed E-state index contributed by atoms with van der Waals surface area (Å²) in [6.07, 6.45) is 4.06. The standard InChI is InChI=1S/C31H30N2O2/c1-20(21-11-4-3-5-12-21)33-30(24-15-6-7-16-25(24)31(33)34)28-26-17-8-9-18-27(26)32-29(28)22-13-10-14-23(19-22)35-2/h3-5,8-14,17-20,30,32H,6-7,15-16H2,1-2H3/t20-,30+/m1/s1. The van der Waals surface area contributed by atoms with E-state index in [1.54, 1.807) is 7.11 Å². The van der Waals surface area contributed by atoms with Gasteiger partial charge in [-0.1, -0.05) is 60.7 Å². The normalized spacial score (nSPS) is 18.7. The van der Waals surface area contributed by atoms with Crippen molar-refractivity contribution in [2.75, 3.05) is 7.11 Å². The molecular weight excluding hydrogens is 432 g/mol. The number of aromatic amines is 1. The van der Waals surface area contributed by atoms with Crippen molar-refractivity contribution < 1.29 is 9.53 Å². The summed E-state index contributed by atoms with van der Waals surface area (Å²) in [6.45, 7) is 2.17. The van der Waals surface area contributed by atoms with Gasteiger partial charge in [0.1, 0.15) is 5.75 Å². The van der Waals surface area contributed by atoms with E-state index in [2.05, 4.69) is 77.5 Å². The molecule has 35 heavy (non-hydrogen) atoms. The van der Waals surface area contributed by atoms with Crippen molar-refractivity contribution in [1.82, 2.24) is 9.88 Å². The van der Waals surface area contributed by atoms with Gasteiger partial charge in [0.15, 0.2) is 0 Å². The molecule has 1 aliphatic heterocycles. The van der Waals surface area contributed by atoms with Crippen LogP contribution in [0, 0.1) is 0 Å². The molecule has 2 atom stereocenters. The van der Waals surface area contributed by atoms with E-state index in [-0.39, 0.29) is 18.0 Å². The minimum Gasteiger partial charge on any atom is -0.497 e. The molecule has 0 saturated heterocycles. The third-order valence-electron chi connectivity index (χ3n) is 7.69. The first-order chi connectivity index (χ1) is 17.2. The molecule has 1 amide bonds. The minimum absolute atomic E-state index is 0.0360. The van der Waals surface area contributed by atoms with Crippen LogP contribution < -0.4 is 4.74 Å². The van der Waals surface area contributed by atoms with Gasteiger partial charge in [-0.3, -0.25) is 4.79 Å². The second kappa shape index (κ2) is 8.77. The molecule has 0 spiro atoms. The van der Waals surface area contributed by atoms with Gasteiger partial charge in [0.05, 0.1) is 24.9 Å². The molecule has 6 rings (SSSR count). The molecule has 1 aromatic heterocycles. The summed E-state index contributed by atoms with van der Waals surface area (Å²) in [7, 11) is 1.70. The summed E-state index contributed by atoms with van der Waals surface area (Å²) in [4.78, 5) is 19.8. The second-order valence-electron chi connectivity index (χ2n) is 9.60. The van der Waals surface area contributed by atoms with Gasteiger partial charge in [-0.05, 0) is 61.9 Å². The Balaban J connectivity index is 1.60. The van der Waals surface area contributed by atoms with E-state index in [1.807, 2.05) is 18.2 Å². The number of benzene rings is 3. The number of fused-ring (bicyclic) bond motifs is 1. The topological polar surface area (TPSA) is 45.3 Å². The maximum atomic E-state index is 14.0. The Bertz CT molecular complexity index is 1430. The summed E-state index contributed by atoms with van der Waals surface area (Å²) < 4.78 is 5.55. The van der Waals surface area contributed by atoms with Crippen molar-refractivity contribution in [2.45, 2.75) is 44.7 Å². The van der Waals surface area contributed by atoms with Gasteiger partial charge in [-0.15, -0.1) is 0 Å². The number of methoxy groups -OCH3 is 1. The quantitative estimate of drug-likeness (QED) is 0.337. The molecule has 176 valence electrons. The Morgan fingerprint density at radius 1 is 0.943 bits per heavy atom. The van der Waals surface area contributed by atoms with Crippen LogP contribution in [0.5, 0.6) is 5.75 Å². The zero-order valence-electron chi connectivity index (χ0n) is 20.3. The zero-order valence-corrected chi connectivity index (χ0v) is 20.3. The van der Waals surface area contributed by atoms with Crippen LogP contribution in [-0.2, 0) is 4.79 Å². The molecule has 0 radical (unpaired) electrons. The highest BCUT2D eigenvalue weighted by Gasteiger charge is 2.44. The molecule has 2 heterocycles. The summed E-state index contributed by atoms with van der Waals surface area (Å²) in [5.74, 6) is 1.02. The smallest absolute Gasteiger partial charge is 0.251 e. The predicted octanol–water partition coefficient (Wildman–Crippen LogP) is 7.36. The highest BCUT2D eigenvalue weighted by molar-refractivity contribution is 6.01. The number of rotatable bonds is 5. The second-order valence-corrected chi connectivity index (χ2v) is 9.60. The van der Waals surface area contributed by atoms with E-state index in [4.69, 9.17) is 4.74 Å². The van der Waals surface area contributed by atoms with Crippen LogP contribution in [0.2, 0.25) is 0 Å². The monoisotopic (exact) mass is 462 g/mol. The van der Waals surface area contributed by atoms with Crippen LogP contribution >= 0.6 is 0 Å². The first kappa shape index (κ1) is 21.7. The molecule has 0 bridgehead atoms. The van der Waals surface area contributed by atoms with Crippen molar-refractivity contribution in [1.29, 1.82) is 0 Å². The molecule has 4 aromatic rings. The van der Waals surface area contributed by atoms with E-state index >= 15 is 0 Å². The third kappa shape index (κ3) is 3.56. The number of hydrogen-bond acceptors (Lipinski definition) is 2. The summed E-state index contributed by atoms with van der Waals surface area (Å²) in [5, 5.41) is 1.17. The number of hydrogen-bond donors (Lipinski definition) is 1. The van der Waals surface area contributed by atoms with Crippen molar-refractivity contribution >= 4 is 16.8 Å². The SMILES string of the molecule is COc1cccc(-c2[nH]c3ccccc3c2[C@@H]2C3=C(CCCC3)C(=O)N2[C@H](C)c2ccccc2)c1. The van der Waals surface area contributed by atoms with Crippen LogP contribution in [0.4, 0.5) is 0 Å². The fraction of sp³-hybridized carbons (Fsp3) is 0.258. The number of para-hydroxylation sites is 1. The van der Waals surface area contributed by atoms with Crippen molar-refractivity contribution in [3.05, 3.63) is 101 Å². The van der Waals surface area contributed by atoms with Crippen LogP contribution in [0.15, 0.2) is 90.0 Å². The van der Waals surface area contributed by atoms with Crippen LogP contribution in [0.1, 0.15) is 55.8 Å². The fourth-order valence-corrected chi connectivity index (χ4v) is 5.97. The third-order valence-corrected chi connectivity index (χ3v) is 7.69. The van der Waals surface area contributed by atoms with Gasteiger partial charge in [0.25, 0.3) is 5.91 Å². The number of nitrogens with zero attached hydrogens (tertiary/aromatic N) is 1. The average molecular weight is 463 g/mol. The molecule has 4 heteroatoms. The molecule has 1 aliphatic carbocycles. The number of carbonyl (C=O) groups excluding carboxylic acids is 1. The van der Waals surface area contributed by atoms with Crippen molar-refractivity contribution in [2.24, 2.45) is 0 Å². The van der Waals surface area contributed by atoms with Crippen molar-refractivity contribution in [3.63, 3.8) is 0 Å². The molecule has 0 unspecified atom stereocenters. The maximum Gasteiger partial charge on any atom is 0.251 e. The Morgan fingerprint density at radius 2 is 1.71 bits per heavy atom. The Labute approximate surface area is 206 Å². The van der Waals surface area contributed by atoms with E-state index in [0.29, 0.717) is 0 Å². The highest BCUT2D eigenvalue weighted by atomic mass is 16.5. The number of aromatic nitrogens is 1. The number of nitrogens with one attached hydrogen (secondary N) is 1. The molecule has 4 nitrogen and oxygen atoms in total. The molecule has 3 aromatic carbocycles. The average Bonchev–Trinajstić information content (AvgIpc) is 3.44. The number of amides is 1. The Hall–Kier alpha value is -3.79. The fourth-order valence-electron chi connectivity index (χ4n) is 5.97. The first-order valence-electron chi connectivity index (χ1n) is 12.5. The largest absolute Gasteiger partial charge is 0.497 e. The lowest BCUT2D eigenvalue weighted by Crippen LogP contribution is -2.33. The van der Waals surface area contributed by atoms with E-state index in [9.17, 15) is 4.79 Å². The maximum absolute atomic E-state index is 14.0. The first-order valence-corrected chi connectivity index (χ1v) is 12.5. The Kier molecular flexibility index (Phi) is 5.44. The zero-order chi connectivity index (χ0) is 23.9. The molecule has 1 N–H and O–H groups in total. The number of ether oxygens (including phenoxy) is 1. The van der Waals surface area contributed by atoms with Crippen LogP contribution in [-0.4, -0.2) is 22.9 Å². The van der Waals surface area contributed by atoms with Gasteiger partial charge in [0.2, 0.25) is 0 Å². The van der Waals surface area contributed by atoms with E-state index < -0.39 is 0 Å². The van der Waals surface area contributed by atoms with E-state index in [1.165, 1.54) is 16.5 Å². The van der Waals surface area contributed by atoms with Gasteiger partial charge >= 0.3 is 0 Å². The van der Waals surface area contributed by atoms with Gasteiger partial charge in [-0.25, -0.2) is 0 Å². The van der Waals surface area contributed by atoms with Gasteiger partial charge in [0, 0.05) is 27.6 Å². The lowest BCUT2D eigenvalue weighted by atomic mass is 9.85. The molecule has 0 saturated carbocycles. The van der Waals surface area contributed by atoms with E-state index in [0.717, 1.165) is 59.3 Å². The van der Waals surface area contributed by atoms with Crippen LogP contribution in [0.25, 0.3) is 22.2 Å².